The molecule has 0 radical (unpaired) electrons. The lowest BCUT2D eigenvalue weighted by molar-refractivity contribution is 0.117. The lowest BCUT2D eigenvalue weighted by Crippen LogP contribution is -2.49. The van der Waals surface area contributed by atoms with Gasteiger partial charge in [-0.25, -0.2) is 4.79 Å². The van der Waals surface area contributed by atoms with Gasteiger partial charge >= 0.3 is 6.03 Å². The summed E-state index contributed by atoms with van der Waals surface area (Å²) in [6.45, 7) is 11.5. The fourth-order valence-electron chi connectivity index (χ4n) is 3.31. The van der Waals surface area contributed by atoms with Gasteiger partial charge in [0.05, 0.1) is 6.10 Å². The highest BCUT2D eigenvalue weighted by Crippen LogP contribution is 2.18. The largest absolute Gasteiger partial charge is 0.393 e. The molecule has 0 bridgehead atoms. The van der Waals surface area contributed by atoms with E-state index in [1.165, 1.54) is 0 Å². The number of likely N-dealkylation sites (N-methyl/N-ethyl adjacent to an activating group) is 1. The van der Waals surface area contributed by atoms with Crippen LogP contribution in [0, 0.1) is 5.92 Å². The van der Waals surface area contributed by atoms with Crippen LogP contribution in [-0.2, 0) is 0 Å². The van der Waals surface area contributed by atoms with Crippen LogP contribution >= 0.6 is 0 Å². The minimum absolute atomic E-state index is 0.0673. The van der Waals surface area contributed by atoms with Crippen LogP contribution in [0.25, 0.3) is 0 Å². The van der Waals surface area contributed by atoms with E-state index >= 15 is 0 Å². The van der Waals surface area contributed by atoms with Crippen molar-refractivity contribution in [3.63, 3.8) is 0 Å². The first-order valence-electron chi connectivity index (χ1n) is 8.92. The molecule has 2 amide bonds. The molecule has 1 rings (SSSR count). The Bertz CT molecular complexity index is 311. The molecule has 1 aliphatic carbocycles. The smallest absolute Gasteiger partial charge is 0.315 e. The highest BCUT2D eigenvalue weighted by Gasteiger charge is 2.22. The number of amides is 2. The maximum atomic E-state index is 12.1. The van der Waals surface area contributed by atoms with Crippen molar-refractivity contribution in [3.05, 3.63) is 0 Å². The van der Waals surface area contributed by atoms with Gasteiger partial charge in [0, 0.05) is 18.6 Å². The quantitative estimate of drug-likeness (QED) is 0.644. The summed E-state index contributed by atoms with van der Waals surface area (Å²) in [6, 6.07) is 0.539. The molecule has 0 aromatic rings. The summed E-state index contributed by atoms with van der Waals surface area (Å²) in [5.74, 6) is 0.621. The number of carbonyl (C=O) groups is 1. The normalized spacial score (nSPS) is 23.6. The van der Waals surface area contributed by atoms with E-state index < -0.39 is 0 Å². The second-order valence-corrected chi connectivity index (χ2v) is 6.86. The Labute approximate surface area is 135 Å². The third-order valence-corrected chi connectivity index (χ3v) is 4.60. The fourth-order valence-corrected chi connectivity index (χ4v) is 3.31. The summed E-state index contributed by atoms with van der Waals surface area (Å²) < 4.78 is 0. The molecule has 0 spiro atoms. The van der Waals surface area contributed by atoms with Gasteiger partial charge in [-0.2, -0.15) is 0 Å². The number of nitrogens with one attached hydrogen (secondary N) is 2. The summed E-state index contributed by atoms with van der Waals surface area (Å²) in [5.41, 5.74) is 0. The van der Waals surface area contributed by atoms with Crippen molar-refractivity contribution in [2.45, 2.75) is 78.0 Å². The van der Waals surface area contributed by atoms with Gasteiger partial charge in [0.2, 0.25) is 0 Å². The molecule has 3 N–H and O–H groups in total. The van der Waals surface area contributed by atoms with Crippen LogP contribution in [0.5, 0.6) is 0 Å². The molecule has 1 saturated carbocycles. The van der Waals surface area contributed by atoms with Crippen molar-refractivity contribution in [1.29, 1.82) is 0 Å². The first kappa shape index (κ1) is 19.2. The minimum atomic E-state index is -0.181. The van der Waals surface area contributed by atoms with Crippen LogP contribution < -0.4 is 10.6 Å². The third kappa shape index (κ3) is 6.97. The number of hydrogen-bond donors (Lipinski definition) is 3. The van der Waals surface area contributed by atoms with Crippen LogP contribution in [0.4, 0.5) is 4.79 Å². The zero-order chi connectivity index (χ0) is 16.5. The zero-order valence-electron chi connectivity index (χ0n) is 14.8. The lowest BCUT2D eigenvalue weighted by atomic mass is 9.93. The maximum absolute atomic E-state index is 12.1. The number of hydrogen-bond acceptors (Lipinski definition) is 3. The van der Waals surface area contributed by atoms with Crippen molar-refractivity contribution in [2.75, 3.05) is 19.6 Å². The average molecular weight is 313 g/mol. The van der Waals surface area contributed by atoms with Crippen molar-refractivity contribution in [2.24, 2.45) is 5.92 Å². The molecular weight excluding hydrogens is 278 g/mol. The molecule has 22 heavy (non-hydrogen) atoms. The van der Waals surface area contributed by atoms with Gasteiger partial charge < -0.3 is 15.7 Å². The van der Waals surface area contributed by atoms with Crippen LogP contribution in [0.1, 0.15) is 59.8 Å². The molecule has 0 aromatic carbocycles. The van der Waals surface area contributed by atoms with Gasteiger partial charge in [0.1, 0.15) is 0 Å². The first-order valence-corrected chi connectivity index (χ1v) is 8.92. The standard InChI is InChI=1S/C17H35N3O2/c1-5-20(6-2)15(11-13(3)4)12-18-17(22)19-14-7-9-16(21)10-8-14/h13-16,21H,5-12H2,1-4H3,(H2,18,19,22). The lowest BCUT2D eigenvalue weighted by Gasteiger charge is -2.32. The second kappa shape index (κ2) is 10.1. The Kier molecular flexibility index (Phi) is 8.79. The Balaban J connectivity index is 2.37. The van der Waals surface area contributed by atoms with E-state index in [1.54, 1.807) is 0 Å². The highest BCUT2D eigenvalue weighted by atomic mass is 16.3. The fraction of sp³-hybridized carbons (Fsp3) is 0.941. The van der Waals surface area contributed by atoms with Crippen LogP contribution in [-0.4, -0.2) is 53.9 Å². The number of aliphatic hydroxyl groups excluding tert-OH is 1. The predicted molar refractivity (Wildman–Crippen MR) is 91.0 cm³/mol. The molecule has 1 unspecified atom stereocenters. The molecule has 0 aromatic heterocycles. The zero-order valence-corrected chi connectivity index (χ0v) is 14.8. The molecule has 0 saturated heterocycles. The summed E-state index contributed by atoms with van der Waals surface area (Å²) >= 11 is 0. The average Bonchev–Trinajstić information content (AvgIpc) is 2.47. The monoisotopic (exact) mass is 313 g/mol. The van der Waals surface area contributed by atoms with E-state index in [2.05, 4.69) is 43.2 Å². The molecule has 1 aliphatic rings. The number of aliphatic hydroxyl groups is 1. The van der Waals surface area contributed by atoms with Crippen molar-refractivity contribution in [3.8, 4) is 0 Å². The molecule has 5 nitrogen and oxygen atoms in total. The third-order valence-electron chi connectivity index (χ3n) is 4.60. The topological polar surface area (TPSA) is 64.6 Å². The van der Waals surface area contributed by atoms with E-state index in [-0.39, 0.29) is 18.2 Å². The predicted octanol–water partition coefficient (Wildman–Crippen LogP) is 2.35. The molecular formula is C17H35N3O2. The van der Waals surface area contributed by atoms with Gasteiger partial charge in [0.15, 0.2) is 0 Å². The van der Waals surface area contributed by atoms with Gasteiger partial charge in [-0.05, 0) is 51.1 Å². The van der Waals surface area contributed by atoms with Crippen molar-refractivity contribution in [1.82, 2.24) is 15.5 Å². The Morgan fingerprint density at radius 3 is 2.27 bits per heavy atom. The molecule has 1 atom stereocenters. The van der Waals surface area contributed by atoms with E-state index in [0.29, 0.717) is 18.5 Å². The first-order chi connectivity index (χ1) is 10.5. The molecule has 0 heterocycles. The Morgan fingerprint density at radius 2 is 1.77 bits per heavy atom. The van der Waals surface area contributed by atoms with Crippen LogP contribution in [0.15, 0.2) is 0 Å². The Morgan fingerprint density at radius 1 is 1.18 bits per heavy atom. The van der Waals surface area contributed by atoms with Crippen molar-refractivity contribution >= 4 is 6.03 Å². The van der Waals surface area contributed by atoms with Gasteiger partial charge in [-0.3, -0.25) is 4.90 Å². The summed E-state index contributed by atoms with van der Waals surface area (Å²) in [4.78, 5) is 14.5. The maximum Gasteiger partial charge on any atom is 0.315 e. The van der Waals surface area contributed by atoms with Crippen LogP contribution in [0.3, 0.4) is 0 Å². The number of urea groups is 1. The Hall–Kier alpha value is -0.810. The van der Waals surface area contributed by atoms with Crippen LogP contribution in [0.2, 0.25) is 0 Å². The van der Waals surface area contributed by atoms with E-state index in [1.807, 2.05) is 0 Å². The van der Waals surface area contributed by atoms with E-state index in [0.717, 1.165) is 45.2 Å². The molecule has 0 aliphatic heterocycles. The van der Waals surface area contributed by atoms with E-state index in [4.69, 9.17) is 0 Å². The summed E-state index contributed by atoms with van der Waals surface area (Å²) in [7, 11) is 0. The molecule has 5 heteroatoms. The van der Waals surface area contributed by atoms with E-state index in [9.17, 15) is 9.90 Å². The van der Waals surface area contributed by atoms with Gasteiger partial charge in [-0.15, -0.1) is 0 Å². The number of rotatable bonds is 8. The number of carbonyl (C=O) groups excluding carboxylic acids is 1. The molecule has 1 fully saturated rings. The summed E-state index contributed by atoms with van der Waals surface area (Å²) in [6.07, 6.45) is 4.25. The molecule has 130 valence electrons. The minimum Gasteiger partial charge on any atom is -0.393 e. The summed E-state index contributed by atoms with van der Waals surface area (Å²) in [5, 5.41) is 15.6. The van der Waals surface area contributed by atoms with Crippen molar-refractivity contribution < 1.29 is 9.90 Å². The van der Waals surface area contributed by atoms with Gasteiger partial charge in [0.25, 0.3) is 0 Å². The second-order valence-electron chi connectivity index (χ2n) is 6.86. The SMILES string of the molecule is CCN(CC)C(CNC(=O)NC1CCC(O)CC1)CC(C)C. The number of nitrogens with zero attached hydrogens (tertiary/aromatic N) is 1. The highest BCUT2D eigenvalue weighted by molar-refractivity contribution is 5.74. The van der Waals surface area contributed by atoms with Gasteiger partial charge in [-0.1, -0.05) is 27.7 Å².